The van der Waals surface area contributed by atoms with Gasteiger partial charge in [-0.1, -0.05) is 0 Å². The molecule has 88 valence electrons. The molecule has 5 heteroatoms. The molecule has 0 aromatic carbocycles. The Morgan fingerprint density at radius 1 is 1.56 bits per heavy atom. The van der Waals surface area contributed by atoms with E-state index >= 15 is 0 Å². The van der Waals surface area contributed by atoms with Crippen LogP contribution >= 0.6 is 0 Å². The van der Waals surface area contributed by atoms with E-state index < -0.39 is 0 Å². The molecule has 1 aliphatic heterocycles. The van der Waals surface area contributed by atoms with Gasteiger partial charge in [0.05, 0.1) is 12.6 Å². The number of aliphatic hydroxyl groups is 1. The van der Waals surface area contributed by atoms with Crippen molar-refractivity contribution in [3.05, 3.63) is 12.4 Å². The highest BCUT2D eigenvalue weighted by Gasteiger charge is 2.24. The Morgan fingerprint density at radius 3 is 3.19 bits per heavy atom. The van der Waals surface area contributed by atoms with Crippen LogP contribution in [0.3, 0.4) is 0 Å². The first-order valence-corrected chi connectivity index (χ1v) is 5.78. The summed E-state index contributed by atoms with van der Waals surface area (Å²) in [5, 5.41) is 12.4. The fourth-order valence-corrected chi connectivity index (χ4v) is 2.11. The number of aromatic nitrogens is 2. The van der Waals surface area contributed by atoms with Crippen molar-refractivity contribution in [3.8, 4) is 0 Å². The SMILES string of the molecule is CCNc1cc(N2CCC[C@@H]2CO)ncn1. The highest BCUT2D eigenvalue weighted by atomic mass is 16.3. The Labute approximate surface area is 95.5 Å². The summed E-state index contributed by atoms with van der Waals surface area (Å²) in [4.78, 5) is 10.6. The molecular weight excluding hydrogens is 204 g/mol. The molecule has 0 bridgehead atoms. The summed E-state index contributed by atoms with van der Waals surface area (Å²) in [6, 6.07) is 2.15. The average molecular weight is 222 g/mol. The maximum absolute atomic E-state index is 9.27. The Morgan fingerprint density at radius 2 is 2.44 bits per heavy atom. The van der Waals surface area contributed by atoms with Crippen LogP contribution in [0.2, 0.25) is 0 Å². The lowest BCUT2D eigenvalue weighted by atomic mass is 10.2. The molecule has 1 saturated heterocycles. The highest BCUT2D eigenvalue weighted by Crippen LogP contribution is 2.24. The zero-order valence-corrected chi connectivity index (χ0v) is 9.56. The van der Waals surface area contributed by atoms with Crippen molar-refractivity contribution in [2.24, 2.45) is 0 Å². The second kappa shape index (κ2) is 5.12. The maximum atomic E-state index is 9.27. The lowest BCUT2D eigenvalue weighted by Gasteiger charge is -2.24. The normalized spacial score (nSPS) is 20.1. The van der Waals surface area contributed by atoms with Crippen molar-refractivity contribution in [1.29, 1.82) is 0 Å². The maximum Gasteiger partial charge on any atom is 0.134 e. The molecule has 2 heterocycles. The summed E-state index contributed by atoms with van der Waals surface area (Å²) in [5.41, 5.74) is 0. The predicted molar refractivity (Wildman–Crippen MR) is 63.6 cm³/mol. The van der Waals surface area contributed by atoms with Crippen LogP contribution in [0.4, 0.5) is 11.6 Å². The standard InChI is InChI=1S/C11H18N4O/c1-2-12-10-6-11(14-8-13-10)15-5-3-4-9(15)7-16/h6,8-9,16H,2-5,7H2,1H3,(H,12,13,14)/t9-/m1/s1. The first-order chi connectivity index (χ1) is 7.85. The summed E-state index contributed by atoms with van der Waals surface area (Å²) >= 11 is 0. The van der Waals surface area contributed by atoms with Crippen molar-refractivity contribution in [2.75, 3.05) is 29.9 Å². The molecule has 1 atom stereocenters. The molecule has 0 saturated carbocycles. The van der Waals surface area contributed by atoms with Gasteiger partial charge in [-0.15, -0.1) is 0 Å². The number of nitrogens with one attached hydrogen (secondary N) is 1. The molecule has 16 heavy (non-hydrogen) atoms. The molecule has 1 fully saturated rings. The van der Waals surface area contributed by atoms with Gasteiger partial charge in [0.2, 0.25) is 0 Å². The molecule has 0 spiro atoms. The van der Waals surface area contributed by atoms with Gasteiger partial charge in [0, 0.05) is 19.2 Å². The van der Waals surface area contributed by atoms with Gasteiger partial charge in [0.15, 0.2) is 0 Å². The van der Waals surface area contributed by atoms with E-state index in [-0.39, 0.29) is 12.6 Å². The molecule has 2 N–H and O–H groups in total. The van der Waals surface area contributed by atoms with Crippen LogP contribution in [-0.4, -0.2) is 40.8 Å². The number of rotatable bonds is 4. The molecule has 1 aromatic rings. The minimum Gasteiger partial charge on any atom is -0.394 e. The van der Waals surface area contributed by atoms with Gasteiger partial charge in [0.1, 0.15) is 18.0 Å². The first-order valence-electron chi connectivity index (χ1n) is 5.78. The highest BCUT2D eigenvalue weighted by molar-refractivity contribution is 5.49. The lowest BCUT2D eigenvalue weighted by Crippen LogP contribution is -2.32. The summed E-state index contributed by atoms with van der Waals surface area (Å²) in [7, 11) is 0. The van der Waals surface area contributed by atoms with E-state index in [1.54, 1.807) is 6.33 Å². The van der Waals surface area contributed by atoms with Gasteiger partial charge in [-0.25, -0.2) is 9.97 Å². The van der Waals surface area contributed by atoms with Gasteiger partial charge >= 0.3 is 0 Å². The fourth-order valence-electron chi connectivity index (χ4n) is 2.11. The molecular formula is C11H18N4O. The zero-order chi connectivity index (χ0) is 11.4. The van der Waals surface area contributed by atoms with Crippen LogP contribution in [0.15, 0.2) is 12.4 Å². The summed E-state index contributed by atoms with van der Waals surface area (Å²) in [5.74, 6) is 1.75. The first kappa shape index (κ1) is 11.1. The van der Waals surface area contributed by atoms with Crippen LogP contribution < -0.4 is 10.2 Å². The van der Waals surface area contributed by atoms with E-state index in [0.29, 0.717) is 0 Å². The number of hydrogen-bond acceptors (Lipinski definition) is 5. The van der Waals surface area contributed by atoms with E-state index in [1.165, 1.54) is 0 Å². The smallest absolute Gasteiger partial charge is 0.134 e. The third-order valence-electron chi connectivity index (χ3n) is 2.89. The largest absolute Gasteiger partial charge is 0.394 e. The van der Waals surface area contributed by atoms with Crippen LogP contribution in [0.25, 0.3) is 0 Å². The molecule has 2 rings (SSSR count). The quantitative estimate of drug-likeness (QED) is 0.791. The summed E-state index contributed by atoms with van der Waals surface area (Å²) < 4.78 is 0. The predicted octanol–water partition coefficient (Wildman–Crippen LogP) is 0.869. The molecule has 0 amide bonds. The average Bonchev–Trinajstić information content (AvgIpc) is 2.78. The Bertz CT molecular complexity index is 345. The lowest BCUT2D eigenvalue weighted by molar-refractivity contribution is 0.266. The summed E-state index contributed by atoms with van der Waals surface area (Å²) in [6.45, 7) is 4.04. The number of anilines is 2. The van der Waals surface area contributed by atoms with Crippen molar-refractivity contribution >= 4 is 11.6 Å². The summed E-state index contributed by atoms with van der Waals surface area (Å²) in [6.07, 6.45) is 3.73. The van der Waals surface area contributed by atoms with Crippen LogP contribution in [-0.2, 0) is 0 Å². The Balaban J connectivity index is 2.16. The van der Waals surface area contributed by atoms with E-state index in [1.807, 2.05) is 13.0 Å². The monoisotopic (exact) mass is 222 g/mol. The molecule has 1 aliphatic rings. The van der Waals surface area contributed by atoms with Gasteiger partial charge in [0.25, 0.3) is 0 Å². The van der Waals surface area contributed by atoms with Gasteiger partial charge in [-0.2, -0.15) is 0 Å². The molecule has 0 aliphatic carbocycles. The van der Waals surface area contributed by atoms with E-state index in [4.69, 9.17) is 0 Å². The molecule has 1 aromatic heterocycles. The topological polar surface area (TPSA) is 61.3 Å². The molecule has 0 radical (unpaired) electrons. The van der Waals surface area contributed by atoms with Crippen molar-refractivity contribution < 1.29 is 5.11 Å². The second-order valence-corrected chi connectivity index (χ2v) is 3.96. The van der Waals surface area contributed by atoms with Crippen LogP contribution in [0.1, 0.15) is 19.8 Å². The zero-order valence-electron chi connectivity index (χ0n) is 9.56. The van der Waals surface area contributed by atoms with Crippen molar-refractivity contribution in [1.82, 2.24) is 9.97 Å². The van der Waals surface area contributed by atoms with Gasteiger partial charge < -0.3 is 15.3 Å². The number of aliphatic hydroxyl groups excluding tert-OH is 1. The number of hydrogen-bond donors (Lipinski definition) is 2. The minimum absolute atomic E-state index is 0.195. The Hall–Kier alpha value is -1.36. The Kier molecular flexibility index (Phi) is 3.56. The van der Waals surface area contributed by atoms with E-state index in [2.05, 4.69) is 20.2 Å². The molecule has 5 nitrogen and oxygen atoms in total. The fraction of sp³-hybridized carbons (Fsp3) is 0.636. The van der Waals surface area contributed by atoms with E-state index in [0.717, 1.165) is 37.6 Å². The minimum atomic E-state index is 0.195. The third kappa shape index (κ3) is 2.24. The third-order valence-corrected chi connectivity index (χ3v) is 2.89. The van der Waals surface area contributed by atoms with E-state index in [9.17, 15) is 5.11 Å². The van der Waals surface area contributed by atoms with Gasteiger partial charge in [-0.3, -0.25) is 0 Å². The van der Waals surface area contributed by atoms with Crippen LogP contribution in [0, 0.1) is 0 Å². The van der Waals surface area contributed by atoms with Crippen molar-refractivity contribution in [3.63, 3.8) is 0 Å². The van der Waals surface area contributed by atoms with Crippen molar-refractivity contribution in [2.45, 2.75) is 25.8 Å². The van der Waals surface area contributed by atoms with Crippen LogP contribution in [0.5, 0.6) is 0 Å². The molecule has 0 unspecified atom stereocenters. The number of nitrogens with zero attached hydrogens (tertiary/aromatic N) is 3. The second-order valence-electron chi connectivity index (χ2n) is 3.96. The van der Waals surface area contributed by atoms with Gasteiger partial charge in [-0.05, 0) is 19.8 Å².